The molecule has 1 aliphatic heterocycles. The van der Waals surface area contributed by atoms with Crippen molar-refractivity contribution in [3.8, 4) is 0 Å². The van der Waals surface area contributed by atoms with Crippen LogP contribution in [0.25, 0.3) is 0 Å². The first kappa shape index (κ1) is 21.5. The third-order valence-electron chi connectivity index (χ3n) is 5.42. The van der Waals surface area contributed by atoms with E-state index in [4.69, 9.17) is 0 Å². The average molecular weight is 415 g/mol. The molecule has 6 heteroatoms. The van der Waals surface area contributed by atoms with Crippen molar-refractivity contribution in [2.75, 3.05) is 18.4 Å². The normalized spacial score (nSPS) is 20.6. The molecule has 1 fully saturated rings. The largest absolute Gasteiger partial charge is 0.322 e. The number of carbonyl (C=O) groups excluding carboxylic acids is 1. The van der Waals surface area contributed by atoms with Gasteiger partial charge in [-0.05, 0) is 60.1 Å². The van der Waals surface area contributed by atoms with Gasteiger partial charge in [-0.15, -0.1) is 0 Å². The van der Waals surface area contributed by atoms with Crippen molar-refractivity contribution in [1.29, 1.82) is 0 Å². The highest BCUT2D eigenvalue weighted by atomic mass is 32.2. The zero-order valence-corrected chi connectivity index (χ0v) is 18.4. The molecule has 2 aromatic carbocycles. The summed E-state index contributed by atoms with van der Waals surface area (Å²) >= 11 is 0. The van der Waals surface area contributed by atoms with Crippen molar-refractivity contribution >= 4 is 21.6 Å². The minimum Gasteiger partial charge on any atom is -0.322 e. The van der Waals surface area contributed by atoms with Crippen LogP contribution >= 0.6 is 0 Å². The Hall–Kier alpha value is -2.18. The molecule has 2 atom stereocenters. The smallest absolute Gasteiger partial charge is 0.255 e. The van der Waals surface area contributed by atoms with Gasteiger partial charge in [0.1, 0.15) is 0 Å². The van der Waals surface area contributed by atoms with Crippen LogP contribution in [-0.2, 0) is 10.0 Å². The van der Waals surface area contributed by atoms with Crippen molar-refractivity contribution in [2.24, 2.45) is 11.8 Å². The van der Waals surface area contributed by atoms with Crippen molar-refractivity contribution in [2.45, 2.75) is 44.9 Å². The molecule has 1 aliphatic rings. The Morgan fingerprint density at radius 3 is 2.17 bits per heavy atom. The van der Waals surface area contributed by atoms with Gasteiger partial charge in [0.25, 0.3) is 5.91 Å². The highest BCUT2D eigenvalue weighted by molar-refractivity contribution is 7.89. The number of piperidine rings is 1. The molecule has 0 saturated carbocycles. The quantitative estimate of drug-likeness (QED) is 0.769. The number of amides is 1. The first-order valence-electron chi connectivity index (χ1n) is 10.2. The van der Waals surface area contributed by atoms with E-state index in [-0.39, 0.29) is 16.7 Å². The fourth-order valence-corrected chi connectivity index (χ4v) is 5.72. The molecule has 1 N–H and O–H groups in total. The number of sulfonamides is 1. The summed E-state index contributed by atoms with van der Waals surface area (Å²) < 4.78 is 27.6. The van der Waals surface area contributed by atoms with Gasteiger partial charge < -0.3 is 5.32 Å². The zero-order valence-electron chi connectivity index (χ0n) is 17.6. The minimum atomic E-state index is -3.55. The topological polar surface area (TPSA) is 66.5 Å². The molecular formula is C23H30N2O3S. The first-order valence-corrected chi connectivity index (χ1v) is 11.6. The molecule has 3 rings (SSSR count). The van der Waals surface area contributed by atoms with E-state index in [1.165, 1.54) is 12.1 Å². The predicted molar refractivity (Wildman–Crippen MR) is 117 cm³/mol. The second-order valence-electron chi connectivity index (χ2n) is 8.49. The number of para-hydroxylation sites is 1. The highest BCUT2D eigenvalue weighted by Crippen LogP contribution is 2.27. The van der Waals surface area contributed by atoms with Gasteiger partial charge in [-0.2, -0.15) is 4.31 Å². The maximum absolute atomic E-state index is 13.0. The molecule has 0 radical (unpaired) electrons. The SMILES string of the molecule is CC(C)c1ccccc1NC(=O)c1ccc(S(=O)(=O)N2C[C@H](C)C[C@H](C)C2)cc1. The van der Waals surface area contributed by atoms with E-state index in [0.717, 1.165) is 17.7 Å². The number of anilines is 1. The van der Waals surface area contributed by atoms with Crippen molar-refractivity contribution < 1.29 is 13.2 Å². The summed E-state index contributed by atoms with van der Waals surface area (Å²) in [6.45, 7) is 9.41. The summed E-state index contributed by atoms with van der Waals surface area (Å²) in [6.07, 6.45) is 1.04. The Morgan fingerprint density at radius 2 is 1.59 bits per heavy atom. The molecule has 0 spiro atoms. The summed E-state index contributed by atoms with van der Waals surface area (Å²) in [5.41, 5.74) is 2.27. The van der Waals surface area contributed by atoms with E-state index in [9.17, 15) is 13.2 Å². The molecule has 0 aromatic heterocycles. The monoisotopic (exact) mass is 414 g/mol. The van der Waals surface area contributed by atoms with Crippen LogP contribution < -0.4 is 5.32 Å². The van der Waals surface area contributed by atoms with Crippen LogP contribution in [-0.4, -0.2) is 31.7 Å². The zero-order chi connectivity index (χ0) is 21.2. The van der Waals surface area contributed by atoms with Crippen LogP contribution in [0.5, 0.6) is 0 Å². The summed E-state index contributed by atoms with van der Waals surface area (Å²) in [5, 5.41) is 2.94. The van der Waals surface area contributed by atoms with E-state index in [1.54, 1.807) is 16.4 Å². The van der Waals surface area contributed by atoms with Gasteiger partial charge in [-0.3, -0.25) is 4.79 Å². The maximum Gasteiger partial charge on any atom is 0.255 e. The molecule has 0 unspecified atom stereocenters. The third kappa shape index (κ3) is 4.87. The third-order valence-corrected chi connectivity index (χ3v) is 7.27. The number of nitrogens with zero attached hydrogens (tertiary/aromatic N) is 1. The van der Waals surface area contributed by atoms with E-state index < -0.39 is 10.0 Å². The molecule has 0 aliphatic carbocycles. The van der Waals surface area contributed by atoms with Crippen molar-refractivity contribution in [3.63, 3.8) is 0 Å². The van der Waals surface area contributed by atoms with Gasteiger partial charge in [0.15, 0.2) is 0 Å². The van der Waals surface area contributed by atoms with Gasteiger partial charge in [0, 0.05) is 24.3 Å². The van der Waals surface area contributed by atoms with Crippen LogP contribution in [0.15, 0.2) is 53.4 Å². The lowest BCUT2D eigenvalue weighted by Gasteiger charge is -2.34. The van der Waals surface area contributed by atoms with Gasteiger partial charge in [0.05, 0.1) is 4.90 Å². The van der Waals surface area contributed by atoms with Crippen LogP contribution in [0, 0.1) is 11.8 Å². The fraction of sp³-hybridized carbons (Fsp3) is 0.435. The Bertz CT molecular complexity index is 958. The van der Waals surface area contributed by atoms with Crippen LogP contribution in [0.1, 0.15) is 56.0 Å². The number of hydrogen-bond donors (Lipinski definition) is 1. The summed E-state index contributed by atoms with van der Waals surface area (Å²) in [5.74, 6) is 0.731. The predicted octanol–water partition coefficient (Wildman–Crippen LogP) is 4.73. The molecule has 29 heavy (non-hydrogen) atoms. The van der Waals surface area contributed by atoms with Gasteiger partial charge in [-0.1, -0.05) is 45.9 Å². The molecular weight excluding hydrogens is 384 g/mol. The summed E-state index contributed by atoms with van der Waals surface area (Å²) in [4.78, 5) is 12.9. The molecule has 1 saturated heterocycles. The number of rotatable bonds is 5. The lowest BCUT2D eigenvalue weighted by Crippen LogP contribution is -2.42. The van der Waals surface area contributed by atoms with Crippen molar-refractivity contribution in [1.82, 2.24) is 4.31 Å². The highest BCUT2D eigenvalue weighted by Gasteiger charge is 2.31. The Labute approximate surface area is 174 Å². The van der Waals surface area contributed by atoms with Crippen molar-refractivity contribution in [3.05, 3.63) is 59.7 Å². The van der Waals surface area contributed by atoms with Crippen LogP contribution in [0.4, 0.5) is 5.69 Å². The standard InChI is InChI=1S/C23H30N2O3S/c1-16(2)21-7-5-6-8-22(21)24-23(26)19-9-11-20(12-10-19)29(27,28)25-14-17(3)13-18(4)15-25/h5-12,16-18H,13-15H2,1-4H3,(H,24,26)/t17-,18+. The minimum absolute atomic E-state index is 0.234. The number of benzene rings is 2. The number of nitrogens with one attached hydrogen (secondary N) is 1. The van der Waals surface area contributed by atoms with E-state index in [1.807, 2.05) is 24.3 Å². The Morgan fingerprint density at radius 1 is 1.00 bits per heavy atom. The van der Waals surface area contributed by atoms with Gasteiger partial charge >= 0.3 is 0 Å². The molecule has 2 aromatic rings. The van der Waals surface area contributed by atoms with Crippen LogP contribution in [0.3, 0.4) is 0 Å². The molecule has 156 valence electrons. The number of carbonyl (C=O) groups is 1. The summed E-state index contributed by atoms with van der Waals surface area (Å²) in [6, 6.07) is 13.9. The second-order valence-corrected chi connectivity index (χ2v) is 10.4. The molecule has 1 amide bonds. The van der Waals surface area contributed by atoms with E-state index in [2.05, 4.69) is 33.0 Å². The Balaban J connectivity index is 1.77. The van der Waals surface area contributed by atoms with E-state index in [0.29, 0.717) is 30.5 Å². The van der Waals surface area contributed by atoms with Gasteiger partial charge in [-0.25, -0.2) is 8.42 Å². The summed E-state index contributed by atoms with van der Waals surface area (Å²) in [7, 11) is -3.55. The van der Waals surface area contributed by atoms with E-state index >= 15 is 0 Å². The first-order chi connectivity index (χ1) is 13.7. The average Bonchev–Trinajstić information content (AvgIpc) is 2.67. The lowest BCUT2D eigenvalue weighted by molar-refractivity contribution is 0.102. The van der Waals surface area contributed by atoms with Gasteiger partial charge in [0.2, 0.25) is 10.0 Å². The molecule has 0 bridgehead atoms. The fourth-order valence-electron chi connectivity index (χ4n) is 4.04. The second kappa shape index (κ2) is 8.67. The Kier molecular flexibility index (Phi) is 6.44. The number of hydrogen-bond acceptors (Lipinski definition) is 3. The molecule has 5 nitrogen and oxygen atoms in total. The maximum atomic E-state index is 13.0. The lowest BCUT2D eigenvalue weighted by atomic mass is 9.94. The molecule has 1 heterocycles. The van der Waals surface area contributed by atoms with Crippen LogP contribution in [0.2, 0.25) is 0 Å².